The second kappa shape index (κ2) is 4.83. The number of ketones is 1. The molecule has 0 spiro atoms. The van der Waals surface area contributed by atoms with Crippen molar-refractivity contribution >= 4 is 18.4 Å². The van der Waals surface area contributed by atoms with Crippen LogP contribution in [-0.4, -0.2) is 5.78 Å². The molecule has 1 aromatic carbocycles. The van der Waals surface area contributed by atoms with Gasteiger partial charge in [0.2, 0.25) is 0 Å². The summed E-state index contributed by atoms with van der Waals surface area (Å²) in [5, 5.41) is 8.52. The minimum Gasteiger partial charge on any atom is -0.300 e. The average Bonchev–Trinajstić information content (AvgIpc) is 2.09. The van der Waals surface area contributed by atoms with Crippen molar-refractivity contribution in [1.29, 1.82) is 5.26 Å². The molecular weight excluding hydrogens is 194 g/mol. The highest BCUT2D eigenvalue weighted by Gasteiger charge is 2.02. The molecule has 0 aliphatic carbocycles. The van der Waals surface area contributed by atoms with Crippen LogP contribution in [0, 0.1) is 11.3 Å². The van der Waals surface area contributed by atoms with E-state index in [-0.39, 0.29) is 5.78 Å². The molecule has 0 aliphatic heterocycles. The molecule has 72 valence electrons. The topological polar surface area (TPSA) is 40.9 Å². The second-order valence-corrected chi connectivity index (χ2v) is 3.66. The Hall–Kier alpha value is -1.27. The van der Waals surface area contributed by atoms with E-state index in [0.717, 1.165) is 16.0 Å². The van der Waals surface area contributed by atoms with Crippen molar-refractivity contribution in [3.8, 4) is 6.07 Å². The van der Waals surface area contributed by atoms with Crippen LogP contribution >= 0.6 is 12.6 Å². The summed E-state index contributed by atoms with van der Waals surface area (Å²) in [6.45, 7) is 1.56. The van der Waals surface area contributed by atoms with Crippen molar-refractivity contribution < 1.29 is 4.79 Å². The largest absolute Gasteiger partial charge is 0.300 e. The van der Waals surface area contributed by atoms with Crippen LogP contribution in [0.5, 0.6) is 0 Å². The first-order valence-corrected chi connectivity index (χ1v) is 4.75. The minimum atomic E-state index is 0.130. The average molecular weight is 205 g/mol. The highest BCUT2D eigenvalue weighted by Crippen LogP contribution is 2.16. The van der Waals surface area contributed by atoms with Crippen LogP contribution < -0.4 is 0 Å². The summed E-state index contributed by atoms with van der Waals surface area (Å²) in [5.74, 6) is 0.130. The molecule has 0 aliphatic rings. The van der Waals surface area contributed by atoms with E-state index in [2.05, 4.69) is 18.7 Å². The first kappa shape index (κ1) is 10.8. The van der Waals surface area contributed by atoms with Crippen LogP contribution in [0.3, 0.4) is 0 Å². The van der Waals surface area contributed by atoms with Gasteiger partial charge in [0.05, 0.1) is 12.5 Å². The standard InChI is InChI=1S/C11H11NOS/c1-8(13)6-9-2-3-10(4-5-12)11(14)7-9/h2-3,7,14H,4,6H2,1H3. The summed E-state index contributed by atoms with van der Waals surface area (Å²) in [7, 11) is 0. The molecule has 0 saturated heterocycles. The van der Waals surface area contributed by atoms with Crippen molar-refractivity contribution in [2.75, 3.05) is 0 Å². The highest BCUT2D eigenvalue weighted by atomic mass is 32.1. The maximum Gasteiger partial charge on any atom is 0.134 e. The fourth-order valence-corrected chi connectivity index (χ4v) is 1.56. The minimum absolute atomic E-state index is 0.130. The Balaban J connectivity index is 2.90. The molecule has 0 fully saturated rings. The number of thiol groups is 1. The number of nitrogens with zero attached hydrogens (tertiary/aromatic N) is 1. The van der Waals surface area contributed by atoms with Crippen molar-refractivity contribution in [3.63, 3.8) is 0 Å². The summed E-state index contributed by atoms with van der Waals surface area (Å²) in [6.07, 6.45) is 0.791. The summed E-state index contributed by atoms with van der Waals surface area (Å²) < 4.78 is 0. The van der Waals surface area contributed by atoms with Crippen LogP contribution in [0.2, 0.25) is 0 Å². The van der Waals surface area contributed by atoms with Gasteiger partial charge in [0.1, 0.15) is 5.78 Å². The first-order valence-electron chi connectivity index (χ1n) is 4.30. The molecule has 0 atom stereocenters. The van der Waals surface area contributed by atoms with E-state index in [1.165, 1.54) is 0 Å². The zero-order chi connectivity index (χ0) is 10.6. The van der Waals surface area contributed by atoms with Crippen LogP contribution in [0.1, 0.15) is 18.1 Å². The zero-order valence-corrected chi connectivity index (χ0v) is 8.84. The smallest absolute Gasteiger partial charge is 0.134 e. The molecule has 3 heteroatoms. The van der Waals surface area contributed by atoms with Gasteiger partial charge >= 0.3 is 0 Å². The van der Waals surface area contributed by atoms with E-state index in [1.807, 2.05) is 18.2 Å². The molecule has 14 heavy (non-hydrogen) atoms. The lowest BCUT2D eigenvalue weighted by Gasteiger charge is -2.03. The van der Waals surface area contributed by atoms with Gasteiger partial charge in [0.15, 0.2) is 0 Å². The number of hydrogen-bond acceptors (Lipinski definition) is 3. The third-order valence-electron chi connectivity index (χ3n) is 1.87. The predicted molar refractivity (Wildman–Crippen MR) is 57.4 cm³/mol. The maximum absolute atomic E-state index is 10.9. The van der Waals surface area contributed by atoms with Gasteiger partial charge in [-0.3, -0.25) is 4.79 Å². The van der Waals surface area contributed by atoms with Crippen LogP contribution in [0.4, 0.5) is 0 Å². The van der Waals surface area contributed by atoms with E-state index in [0.29, 0.717) is 12.8 Å². The van der Waals surface area contributed by atoms with Crippen LogP contribution in [0.25, 0.3) is 0 Å². The van der Waals surface area contributed by atoms with Crippen molar-refractivity contribution in [1.82, 2.24) is 0 Å². The van der Waals surface area contributed by atoms with Gasteiger partial charge in [-0.15, -0.1) is 12.6 Å². The van der Waals surface area contributed by atoms with Crippen molar-refractivity contribution in [2.24, 2.45) is 0 Å². The molecule has 0 N–H and O–H groups in total. The summed E-state index contributed by atoms with van der Waals surface area (Å²) in [5.41, 5.74) is 1.85. The number of carbonyl (C=O) groups is 1. The SMILES string of the molecule is CC(=O)Cc1ccc(CC#N)c(S)c1. The number of rotatable bonds is 3. The van der Waals surface area contributed by atoms with E-state index in [1.54, 1.807) is 6.92 Å². The van der Waals surface area contributed by atoms with Gasteiger partial charge in [-0.25, -0.2) is 0 Å². The highest BCUT2D eigenvalue weighted by molar-refractivity contribution is 7.80. The molecule has 0 aromatic heterocycles. The molecular formula is C11H11NOS. The molecule has 1 aromatic rings. The molecule has 1 rings (SSSR count). The Morgan fingerprint density at radius 3 is 2.79 bits per heavy atom. The normalized spacial score (nSPS) is 9.50. The van der Waals surface area contributed by atoms with Gasteiger partial charge in [-0.1, -0.05) is 12.1 Å². The van der Waals surface area contributed by atoms with E-state index < -0.39 is 0 Å². The maximum atomic E-state index is 10.9. The molecule has 0 radical (unpaired) electrons. The Labute approximate surface area is 89.0 Å². The molecule has 0 saturated carbocycles. The van der Waals surface area contributed by atoms with Crippen molar-refractivity contribution in [2.45, 2.75) is 24.7 Å². The molecule has 2 nitrogen and oxygen atoms in total. The Bertz CT molecular complexity index is 393. The molecule has 0 amide bonds. The number of Topliss-reactive ketones (excluding diaryl/α,β-unsaturated/α-hetero) is 1. The van der Waals surface area contributed by atoms with Gasteiger partial charge in [0.25, 0.3) is 0 Å². The number of benzene rings is 1. The Kier molecular flexibility index (Phi) is 3.73. The monoisotopic (exact) mass is 205 g/mol. The summed E-state index contributed by atoms with van der Waals surface area (Å²) in [6, 6.07) is 7.63. The predicted octanol–water partition coefficient (Wildman–Crippen LogP) is 2.17. The van der Waals surface area contributed by atoms with Gasteiger partial charge < -0.3 is 0 Å². The quantitative estimate of drug-likeness (QED) is 0.768. The van der Waals surface area contributed by atoms with E-state index in [9.17, 15) is 4.79 Å². The fourth-order valence-electron chi connectivity index (χ4n) is 1.24. The molecule has 0 heterocycles. The molecule has 0 unspecified atom stereocenters. The number of hydrogen-bond donors (Lipinski definition) is 1. The number of carbonyl (C=O) groups excluding carboxylic acids is 1. The lowest BCUT2D eigenvalue weighted by molar-refractivity contribution is -0.116. The summed E-state index contributed by atoms with van der Waals surface area (Å²) in [4.78, 5) is 11.6. The van der Waals surface area contributed by atoms with Crippen molar-refractivity contribution in [3.05, 3.63) is 29.3 Å². The lowest BCUT2D eigenvalue weighted by atomic mass is 10.1. The zero-order valence-electron chi connectivity index (χ0n) is 7.95. The van der Waals surface area contributed by atoms with Crippen LogP contribution in [0.15, 0.2) is 23.1 Å². The lowest BCUT2D eigenvalue weighted by Crippen LogP contribution is -1.97. The third kappa shape index (κ3) is 2.90. The van der Waals surface area contributed by atoms with Gasteiger partial charge in [0, 0.05) is 11.3 Å². The van der Waals surface area contributed by atoms with E-state index in [4.69, 9.17) is 5.26 Å². The molecule has 0 bridgehead atoms. The van der Waals surface area contributed by atoms with Crippen LogP contribution in [-0.2, 0) is 17.6 Å². The van der Waals surface area contributed by atoms with Gasteiger partial charge in [-0.2, -0.15) is 5.26 Å². The Morgan fingerprint density at radius 2 is 2.29 bits per heavy atom. The fraction of sp³-hybridized carbons (Fsp3) is 0.273. The Morgan fingerprint density at radius 1 is 1.57 bits per heavy atom. The summed E-state index contributed by atoms with van der Waals surface area (Å²) >= 11 is 4.26. The van der Waals surface area contributed by atoms with Gasteiger partial charge in [-0.05, 0) is 24.1 Å². The van der Waals surface area contributed by atoms with E-state index >= 15 is 0 Å². The number of nitriles is 1. The second-order valence-electron chi connectivity index (χ2n) is 3.18. The third-order valence-corrected chi connectivity index (χ3v) is 2.29. The first-order chi connectivity index (χ1) is 6.63.